The molecule has 4 bridgehead atoms. The molecule has 3 saturated heterocycles. The van der Waals surface area contributed by atoms with E-state index in [1.165, 1.54) is 0 Å². The van der Waals surface area contributed by atoms with Crippen LogP contribution < -0.4 is 0 Å². The second-order valence-electron chi connectivity index (χ2n) is 14.0. The van der Waals surface area contributed by atoms with Gasteiger partial charge in [-0.1, -0.05) is 20.8 Å². The van der Waals surface area contributed by atoms with Gasteiger partial charge in [0.05, 0.1) is 35.9 Å². The largest absolute Gasteiger partial charge is 0.462 e. The van der Waals surface area contributed by atoms with Crippen LogP contribution in [-0.4, -0.2) is 59.5 Å². The predicted octanol–water partition coefficient (Wildman–Crippen LogP) is 3.15. The van der Waals surface area contributed by atoms with Crippen molar-refractivity contribution in [3.05, 3.63) is 0 Å². The van der Waals surface area contributed by atoms with E-state index in [0.29, 0.717) is 12.8 Å². The summed E-state index contributed by atoms with van der Waals surface area (Å²) in [5.41, 5.74) is -0.617. The fraction of sp³-hybridized carbons (Fsp3) is 0.867. The summed E-state index contributed by atoms with van der Waals surface area (Å²) in [7, 11) is 0. The Hall–Kier alpha value is -2.00. The van der Waals surface area contributed by atoms with Gasteiger partial charge >= 0.3 is 23.9 Å². The van der Waals surface area contributed by atoms with Crippen molar-refractivity contribution in [3.63, 3.8) is 0 Å². The molecule has 0 radical (unpaired) electrons. The summed E-state index contributed by atoms with van der Waals surface area (Å²) < 4.78 is 23.1. The Balaban J connectivity index is 1.43. The summed E-state index contributed by atoms with van der Waals surface area (Å²) in [5.74, 6) is -3.64. The van der Waals surface area contributed by atoms with E-state index in [9.17, 15) is 24.3 Å². The van der Waals surface area contributed by atoms with Crippen LogP contribution in [0.1, 0.15) is 67.7 Å². The fourth-order valence-corrected chi connectivity index (χ4v) is 8.59. The van der Waals surface area contributed by atoms with Crippen molar-refractivity contribution in [2.45, 2.75) is 91.6 Å². The maximum absolute atomic E-state index is 13.3. The molecule has 9 nitrogen and oxygen atoms in total. The van der Waals surface area contributed by atoms with E-state index in [2.05, 4.69) is 6.92 Å². The van der Waals surface area contributed by atoms with Gasteiger partial charge in [-0.25, -0.2) is 0 Å². The van der Waals surface area contributed by atoms with Crippen molar-refractivity contribution < 1.29 is 43.2 Å². The molecule has 2 aliphatic carbocycles. The highest BCUT2D eigenvalue weighted by Gasteiger charge is 2.68. The van der Waals surface area contributed by atoms with Crippen LogP contribution in [0.5, 0.6) is 0 Å². The van der Waals surface area contributed by atoms with E-state index in [-0.39, 0.29) is 78.1 Å². The highest BCUT2D eigenvalue weighted by Crippen LogP contribution is 2.66. The molecule has 14 unspecified atom stereocenters. The number of esters is 4. The molecule has 0 amide bonds. The molecular formula is C30H44O9. The second kappa shape index (κ2) is 10.1. The summed E-state index contributed by atoms with van der Waals surface area (Å²) in [5, 5.41) is 9.48. The number of ether oxygens (including phenoxy) is 4. The Bertz CT molecular complexity index is 1020. The van der Waals surface area contributed by atoms with E-state index in [1.807, 2.05) is 27.7 Å². The lowest BCUT2D eigenvalue weighted by Crippen LogP contribution is -2.49. The SMILES string of the molecule is CC(CO)C(C)OC(=O)C1CC2OC1C(C1C3CC(C(=O)OC(C)(C)C)C(C3)C1C1C(=O)OC(=O)C1C)C2C. The first-order chi connectivity index (χ1) is 18.2. The van der Waals surface area contributed by atoms with Crippen molar-refractivity contribution in [1.82, 2.24) is 0 Å². The zero-order chi connectivity index (χ0) is 28.5. The van der Waals surface area contributed by atoms with Gasteiger partial charge in [0.2, 0.25) is 0 Å². The molecule has 3 aliphatic heterocycles. The van der Waals surface area contributed by atoms with Crippen LogP contribution in [0.2, 0.25) is 0 Å². The van der Waals surface area contributed by atoms with E-state index in [1.54, 1.807) is 13.8 Å². The van der Waals surface area contributed by atoms with E-state index in [0.717, 1.165) is 6.42 Å². The topological polar surface area (TPSA) is 125 Å². The van der Waals surface area contributed by atoms with Crippen LogP contribution in [0.15, 0.2) is 0 Å². The average molecular weight is 549 g/mol. The first kappa shape index (κ1) is 28.5. The number of aliphatic hydroxyl groups excluding tert-OH is 1. The molecule has 5 aliphatic rings. The quantitative estimate of drug-likeness (QED) is 0.290. The number of aliphatic hydroxyl groups is 1. The number of fused-ring (bicyclic) bond motifs is 4. The van der Waals surface area contributed by atoms with Crippen LogP contribution in [0, 0.1) is 65.1 Å². The lowest BCUT2D eigenvalue weighted by molar-refractivity contribution is -0.166. The average Bonchev–Trinajstić information content (AvgIpc) is 3.64. The molecule has 0 aromatic rings. The molecule has 0 aromatic carbocycles. The Morgan fingerprint density at radius 1 is 0.974 bits per heavy atom. The lowest BCUT2D eigenvalue weighted by atomic mass is 9.57. The molecular weight excluding hydrogens is 504 g/mol. The number of carbonyl (C=O) groups is 4. The highest BCUT2D eigenvalue weighted by atomic mass is 16.6. The van der Waals surface area contributed by atoms with Crippen LogP contribution >= 0.6 is 0 Å². The minimum atomic E-state index is -0.620. The molecule has 218 valence electrons. The first-order valence-corrected chi connectivity index (χ1v) is 14.7. The number of hydrogen-bond donors (Lipinski definition) is 1. The minimum absolute atomic E-state index is 0.00200. The predicted molar refractivity (Wildman–Crippen MR) is 138 cm³/mol. The van der Waals surface area contributed by atoms with Gasteiger partial charge in [-0.3, -0.25) is 19.2 Å². The normalized spacial score (nSPS) is 44.4. The van der Waals surface area contributed by atoms with E-state index in [4.69, 9.17) is 18.9 Å². The molecule has 5 fully saturated rings. The maximum Gasteiger partial charge on any atom is 0.317 e. The van der Waals surface area contributed by atoms with Crippen molar-refractivity contribution in [3.8, 4) is 0 Å². The standard InChI is InChI=1S/C30H44O9/c1-12(11-31)15(4)36-27(33)19-10-20-13(2)21(25(19)37-20)23-16-8-17(18(9-16)28(34)39-30(5,6)7)24(23)22-14(3)26(32)38-29(22)35/h12-25,31H,8-11H2,1-7H3. The maximum atomic E-state index is 13.3. The van der Waals surface area contributed by atoms with Crippen molar-refractivity contribution >= 4 is 23.9 Å². The van der Waals surface area contributed by atoms with Gasteiger partial charge in [-0.05, 0) is 82.5 Å². The molecule has 3 heterocycles. The van der Waals surface area contributed by atoms with Gasteiger partial charge < -0.3 is 24.1 Å². The smallest absolute Gasteiger partial charge is 0.317 e. The summed E-state index contributed by atoms with van der Waals surface area (Å²) in [6.45, 7) is 13.0. The monoisotopic (exact) mass is 548 g/mol. The zero-order valence-electron chi connectivity index (χ0n) is 24.1. The van der Waals surface area contributed by atoms with Crippen LogP contribution in [0.25, 0.3) is 0 Å². The number of rotatable bonds is 7. The minimum Gasteiger partial charge on any atom is -0.462 e. The van der Waals surface area contributed by atoms with E-state index >= 15 is 0 Å². The third-order valence-corrected chi connectivity index (χ3v) is 10.6. The summed E-state index contributed by atoms with van der Waals surface area (Å²) in [6, 6.07) is 0. The highest BCUT2D eigenvalue weighted by molar-refractivity contribution is 5.96. The fourth-order valence-electron chi connectivity index (χ4n) is 8.59. The van der Waals surface area contributed by atoms with Crippen molar-refractivity contribution in [1.29, 1.82) is 0 Å². The summed E-state index contributed by atoms with van der Waals surface area (Å²) in [4.78, 5) is 52.1. The summed E-state index contributed by atoms with van der Waals surface area (Å²) in [6.07, 6.45) is 1.20. The van der Waals surface area contributed by atoms with E-state index < -0.39 is 41.4 Å². The van der Waals surface area contributed by atoms with Crippen LogP contribution in [0.3, 0.4) is 0 Å². The number of cyclic esters (lactones) is 2. The molecule has 0 aromatic heterocycles. The Morgan fingerprint density at radius 3 is 2.23 bits per heavy atom. The Kier molecular flexibility index (Phi) is 7.41. The van der Waals surface area contributed by atoms with Crippen molar-refractivity contribution in [2.24, 2.45) is 65.1 Å². The van der Waals surface area contributed by atoms with Gasteiger partial charge in [0.25, 0.3) is 0 Å². The second-order valence-corrected chi connectivity index (χ2v) is 14.0. The van der Waals surface area contributed by atoms with Crippen LogP contribution in [-0.2, 0) is 38.1 Å². The van der Waals surface area contributed by atoms with Gasteiger partial charge in [-0.2, -0.15) is 0 Å². The molecule has 14 atom stereocenters. The molecule has 39 heavy (non-hydrogen) atoms. The molecule has 9 heteroatoms. The molecule has 5 rings (SSSR count). The Morgan fingerprint density at radius 2 is 1.67 bits per heavy atom. The van der Waals surface area contributed by atoms with Gasteiger partial charge in [-0.15, -0.1) is 0 Å². The van der Waals surface area contributed by atoms with Crippen molar-refractivity contribution in [2.75, 3.05) is 6.61 Å². The van der Waals surface area contributed by atoms with Gasteiger partial charge in [0, 0.05) is 12.5 Å². The number of carbonyl (C=O) groups excluding carboxylic acids is 4. The molecule has 2 saturated carbocycles. The third kappa shape index (κ3) is 4.81. The zero-order valence-corrected chi connectivity index (χ0v) is 24.1. The third-order valence-electron chi connectivity index (χ3n) is 10.6. The molecule has 0 spiro atoms. The number of hydrogen-bond acceptors (Lipinski definition) is 9. The molecule has 1 N–H and O–H groups in total. The first-order valence-electron chi connectivity index (χ1n) is 14.7. The van der Waals surface area contributed by atoms with Gasteiger partial charge in [0.15, 0.2) is 0 Å². The Labute approximate surface area is 230 Å². The van der Waals surface area contributed by atoms with Crippen LogP contribution in [0.4, 0.5) is 0 Å². The summed E-state index contributed by atoms with van der Waals surface area (Å²) >= 11 is 0. The van der Waals surface area contributed by atoms with Gasteiger partial charge in [0.1, 0.15) is 11.7 Å². The lowest BCUT2D eigenvalue weighted by Gasteiger charge is -2.45.